The van der Waals surface area contributed by atoms with Crippen molar-refractivity contribution < 1.29 is 4.39 Å². The number of aromatic nitrogens is 3. The number of benzene rings is 1. The third-order valence-electron chi connectivity index (χ3n) is 2.47. The van der Waals surface area contributed by atoms with E-state index in [-0.39, 0.29) is 18.1 Å². The summed E-state index contributed by atoms with van der Waals surface area (Å²) in [5, 5.41) is 0. The molecular formula is C11H12FN3O. The third kappa shape index (κ3) is 1.88. The molecule has 0 aliphatic heterocycles. The largest absolute Gasteiger partial charge is 0.364 e. The molecule has 0 N–H and O–H groups in total. The van der Waals surface area contributed by atoms with Crippen molar-refractivity contribution in [3.05, 3.63) is 52.0 Å². The standard InChI is InChI=1S/C11H12FN3O/c1-8-3-4-9(10(12)5-8)6-15-11(16)13-7-14(15)2/h3-5,7H,6H2,1-2H3. The van der Waals surface area contributed by atoms with E-state index >= 15 is 0 Å². The van der Waals surface area contributed by atoms with E-state index in [4.69, 9.17) is 0 Å². The zero-order valence-electron chi connectivity index (χ0n) is 9.14. The van der Waals surface area contributed by atoms with Crippen LogP contribution in [0, 0.1) is 12.7 Å². The third-order valence-corrected chi connectivity index (χ3v) is 2.47. The minimum absolute atomic E-state index is 0.196. The van der Waals surface area contributed by atoms with Gasteiger partial charge in [-0.05, 0) is 18.6 Å². The average Bonchev–Trinajstić information content (AvgIpc) is 2.53. The lowest BCUT2D eigenvalue weighted by atomic mass is 10.1. The number of hydrogen-bond donors (Lipinski definition) is 0. The highest BCUT2D eigenvalue weighted by molar-refractivity contribution is 5.23. The molecule has 0 unspecified atom stereocenters. The second-order valence-electron chi connectivity index (χ2n) is 3.75. The smallest absolute Gasteiger partial charge is 0.273 e. The van der Waals surface area contributed by atoms with Gasteiger partial charge < -0.3 is 0 Å². The molecule has 0 saturated carbocycles. The van der Waals surface area contributed by atoms with E-state index in [0.717, 1.165) is 5.56 Å². The molecule has 0 saturated heterocycles. The molecule has 1 heterocycles. The Morgan fingerprint density at radius 1 is 1.44 bits per heavy atom. The predicted octanol–water partition coefficient (Wildman–Crippen LogP) is 1.08. The molecule has 1 aromatic heterocycles. The zero-order chi connectivity index (χ0) is 11.7. The van der Waals surface area contributed by atoms with Crippen molar-refractivity contribution in [3.63, 3.8) is 0 Å². The first-order valence-corrected chi connectivity index (χ1v) is 4.91. The zero-order valence-corrected chi connectivity index (χ0v) is 9.14. The van der Waals surface area contributed by atoms with Crippen LogP contribution in [0.25, 0.3) is 0 Å². The van der Waals surface area contributed by atoms with Crippen molar-refractivity contribution in [3.8, 4) is 0 Å². The molecule has 2 rings (SSSR count). The first kappa shape index (κ1) is 10.6. The monoisotopic (exact) mass is 221 g/mol. The summed E-state index contributed by atoms with van der Waals surface area (Å²) in [6.45, 7) is 2.02. The maximum Gasteiger partial charge on any atom is 0.364 e. The van der Waals surface area contributed by atoms with E-state index in [0.29, 0.717) is 5.56 Å². The van der Waals surface area contributed by atoms with Crippen LogP contribution < -0.4 is 5.69 Å². The molecule has 0 fully saturated rings. The molecule has 5 heteroatoms. The highest BCUT2D eigenvalue weighted by atomic mass is 19.1. The maximum atomic E-state index is 13.6. The molecule has 0 aliphatic rings. The normalized spacial score (nSPS) is 10.7. The highest BCUT2D eigenvalue weighted by Gasteiger charge is 2.07. The van der Waals surface area contributed by atoms with E-state index in [9.17, 15) is 9.18 Å². The van der Waals surface area contributed by atoms with Crippen LogP contribution in [-0.2, 0) is 13.6 Å². The van der Waals surface area contributed by atoms with E-state index in [1.807, 2.05) is 13.0 Å². The van der Waals surface area contributed by atoms with Crippen LogP contribution >= 0.6 is 0 Å². The molecule has 0 atom stereocenters. The molecule has 0 bridgehead atoms. The molecule has 0 amide bonds. The summed E-state index contributed by atoms with van der Waals surface area (Å²) >= 11 is 0. The van der Waals surface area contributed by atoms with Crippen molar-refractivity contribution in [2.75, 3.05) is 0 Å². The molecule has 84 valence electrons. The van der Waals surface area contributed by atoms with Crippen LogP contribution in [0.4, 0.5) is 4.39 Å². The summed E-state index contributed by atoms with van der Waals surface area (Å²) in [4.78, 5) is 14.9. The first-order chi connectivity index (χ1) is 7.58. The van der Waals surface area contributed by atoms with Crippen LogP contribution in [0.5, 0.6) is 0 Å². The molecule has 4 nitrogen and oxygen atoms in total. The Kier molecular flexibility index (Phi) is 2.60. The SMILES string of the molecule is Cc1ccc(Cn2c(=O)ncn2C)c(F)c1. The van der Waals surface area contributed by atoms with Crippen LogP contribution in [0.15, 0.2) is 29.3 Å². The highest BCUT2D eigenvalue weighted by Crippen LogP contribution is 2.10. The van der Waals surface area contributed by atoms with E-state index in [1.165, 1.54) is 17.1 Å². The van der Waals surface area contributed by atoms with Crippen LogP contribution in [-0.4, -0.2) is 14.3 Å². The fourth-order valence-corrected chi connectivity index (χ4v) is 1.52. The minimum atomic E-state index is -0.373. The van der Waals surface area contributed by atoms with E-state index in [1.54, 1.807) is 17.8 Å². The van der Waals surface area contributed by atoms with E-state index in [2.05, 4.69) is 4.98 Å². The molecule has 2 aromatic rings. The molecule has 1 aromatic carbocycles. The summed E-state index contributed by atoms with van der Waals surface area (Å²) in [7, 11) is 1.69. The van der Waals surface area contributed by atoms with Crippen molar-refractivity contribution in [2.24, 2.45) is 7.05 Å². The van der Waals surface area contributed by atoms with Crippen LogP contribution in [0.1, 0.15) is 11.1 Å². The molecule has 0 radical (unpaired) electrons. The van der Waals surface area contributed by atoms with Crippen LogP contribution in [0.3, 0.4) is 0 Å². The average molecular weight is 221 g/mol. The summed E-state index contributed by atoms with van der Waals surface area (Å²) in [6, 6.07) is 4.96. The fraction of sp³-hybridized carbons (Fsp3) is 0.273. The number of nitrogens with zero attached hydrogens (tertiary/aromatic N) is 3. The quantitative estimate of drug-likeness (QED) is 0.761. The van der Waals surface area contributed by atoms with Crippen LogP contribution in [0.2, 0.25) is 0 Å². The second-order valence-corrected chi connectivity index (χ2v) is 3.75. The molecule has 0 spiro atoms. The van der Waals surface area contributed by atoms with E-state index < -0.39 is 0 Å². The van der Waals surface area contributed by atoms with Gasteiger partial charge in [-0.3, -0.25) is 4.68 Å². The number of halogens is 1. The lowest BCUT2D eigenvalue weighted by Crippen LogP contribution is -2.23. The Bertz CT molecular complexity index is 571. The number of hydrogen-bond acceptors (Lipinski definition) is 2. The van der Waals surface area contributed by atoms with Gasteiger partial charge in [-0.25, -0.2) is 13.9 Å². The molecule has 0 aliphatic carbocycles. The van der Waals surface area contributed by atoms with Gasteiger partial charge in [-0.15, -0.1) is 0 Å². The predicted molar refractivity (Wildman–Crippen MR) is 57.7 cm³/mol. The Hall–Kier alpha value is -1.91. The fourth-order valence-electron chi connectivity index (χ4n) is 1.52. The van der Waals surface area contributed by atoms with Gasteiger partial charge >= 0.3 is 5.69 Å². The van der Waals surface area contributed by atoms with Gasteiger partial charge in [0.25, 0.3) is 0 Å². The lowest BCUT2D eigenvalue weighted by molar-refractivity contribution is 0.514. The summed E-state index contributed by atoms with van der Waals surface area (Å²) in [5.74, 6) is -0.298. The van der Waals surface area contributed by atoms with Crippen molar-refractivity contribution in [1.82, 2.24) is 14.3 Å². The van der Waals surface area contributed by atoms with Gasteiger partial charge in [0.2, 0.25) is 0 Å². The van der Waals surface area contributed by atoms with Gasteiger partial charge in [0.15, 0.2) is 0 Å². The summed E-state index contributed by atoms with van der Waals surface area (Å²) in [5.41, 5.74) is 0.970. The Labute approximate surface area is 91.9 Å². The molecule has 16 heavy (non-hydrogen) atoms. The Balaban J connectivity index is 2.38. The summed E-state index contributed by atoms with van der Waals surface area (Å²) in [6.07, 6.45) is 1.41. The van der Waals surface area contributed by atoms with Gasteiger partial charge in [0, 0.05) is 12.6 Å². The van der Waals surface area contributed by atoms with Crippen molar-refractivity contribution in [1.29, 1.82) is 0 Å². The maximum absolute atomic E-state index is 13.6. The van der Waals surface area contributed by atoms with Gasteiger partial charge in [-0.2, -0.15) is 4.98 Å². The first-order valence-electron chi connectivity index (χ1n) is 4.91. The summed E-state index contributed by atoms with van der Waals surface area (Å²) < 4.78 is 16.5. The molecular weight excluding hydrogens is 209 g/mol. The van der Waals surface area contributed by atoms with Crippen molar-refractivity contribution in [2.45, 2.75) is 13.5 Å². The van der Waals surface area contributed by atoms with Gasteiger partial charge in [0.1, 0.15) is 12.1 Å². The Morgan fingerprint density at radius 2 is 2.19 bits per heavy atom. The lowest BCUT2D eigenvalue weighted by Gasteiger charge is -2.07. The van der Waals surface area contributed by atoms with Crippen molar-refractivity contribution >= 4 is 0 Å². The number of rotatable bonds is 2. The van der Waals surface area contributed by atoms with Gasteiger partial charge in [-0.1, -0.05) is 12.1 Å². The number of aryl methyl sites for hydroxylation is 2. The topological polar surface area (TPSA) is 39.8 Å². The second kappa shape index (κ2) is 3.92. The minimum Gasteiger partial charge on any atom is -0.273 e. The Morgan fingerprint density at radius 3 is 2.75 bits per heavy atom. The van der Waals surface area contributed by atoms with Gasteiger partial charge in [0.05, 0.1) is 6.54 Å².